The van der Waals surface area contributed by atoms with Crippen LogP contribution in [0.2, 0.25) is 0 Å². The van der Waals surface area contributed by atoms with Gasteiger partial charge in [0.25, 0.3) is 0 Å². The first-order valence-electron chi connectivity index (χ1n) is 15.9. The van der Waals surface area contributed by atoms with E-state index in [2.05, 4.69) is 72.6 Å². The minimum absolute atomic E-state index is 0.526. The summed E-state index contributed by atoms with van der Waals surface area (Å²) in [6.07, 6.45) is 21.5. The lowest BCUT2D eigenvalue weighted by molar-refractivity contribution is 0.111. The molecule has 0 radical (unpaired) electrons. The van der Waals surface area contributed by atoms with Crippen LogP contribution in [0.5, 0.6) is 0 Å². The third-order valence-corrected chi connectivity index (χ3v) is 8.98. The zero-order valence-corrected chi connectivity index (χ0v) is 26.9. The quantitative estimate of drug-likeness (QED) is 0.318. The molecule has 0 heterocycles. The van der Waals surface area contributed by atoms with E-state index in [1.807, 2.05) is 47.1 Å². The van der Waals surface area contributed by atoms with E-state index in [4.69, 9.17) is 0 Å². The van der Waals surface area contributed by atoms with Crippen molar-refractivity contribution in [3.05, 3.63) is 49.1 Å². The van der Waals surface area contributed by atoms with Gasteiger partial charge >= 0.3 is 0 Å². The van der Waals surface area contributed by atoms with Gasteiger partial charge in [-0.25, -0.2) is 0 Å². The van der Waals surface area contributed by atoms with Gasteiger partial charge < -0.3 is 0 Å². The largest absolute Gasteiger partial charge is 0.106 e. The number of fused-ring (bicyclic) bond motifs is 1. The summed E-state index contributed by atoms with van der Waals surface area (Å²) in [5.74, 6) is 4.63. The highest BCUT2D eigenvalue weighted by Gasteiger charge is 2.50. The molecule has 0 nitrogen and oxygen atoms in total. The van der Waals surface area contributed by atoms with Gasteiger partial charge in [0.2, 0.25) is 0 Å². The molecule has 3 fully saturated rings. The normalized spacial score (nSPS) is 29.8. The van der Waals surface area contributed by atoms with Crippen LogP contribution < -0.4 is 0 Å². The molecule has 0 saturated heterocycles. The Labute approximate surface area is 230 Å². The predicted molar refractivity (Wildman–Crippen MR) is 170 cm³/mol. The van der Waals surface area contributed by atoms with Crippen LogP contribution in [0.1, 0.15) is 140 Å². The van der Waals surface area contributed by atoms with Crippen LogP contribution in [0.3, 0.4) is 0 Å². The van der Waals surface area contributed by atoms with E-state index in [-0.39, 0.29) is 0 Å². The second-order valence-corrected chi connectivity index (χ2v) is 11.1. The molecule has 0 aromatic rings. The van der Waals surface area contributed by atoms with Crippen molar-refractivity contribution in [2.45, 2.75) is 140 Å². The van der Waals surface area contributed by atoms with Gasteiger partial charge in [-0.3, -0.25) is 0 Å². The Morgan fingerprint density at radius 2 is 1.44 bits per heavy atom. The van der Waals surface area contributed by atoms with Gasteiger partial charge in [-0.05, 0) is 98.7 Å². The van der Waals surface area contributed by atoms with Gasteiger partial charge in [-0.2, -0.15) is 0 Å². The second-order valence-electron chi connectivity index (χ2n) is 11.1. The molecule has 3 aliphatic carbocycles. The molecular weight excluding hydrogens is 432 g/mol. The third kappa shape index (κ3) is 10.8. The van der Waals surface area contributed by atoms with Gasteiger partial charge in [0.15, 0.2) is 0 Å². The number of hydrogen-bond acceptors (Lipinski definition) is 0. The summed E-state index contributed by atoms with van der Waals surface area (Å²) >= 11 is 0. The Morgan fingerprint density at radius 1 is 0.833 bits per heavy atom. The Morgan fingerprint density at radius 3 is 2.00 bits per heavy atom. The number of allylic oxidation sites excluding steroid dienone is 5. The zero-order valence-electron chi connectivity index (χ0n) is 26.9. The average Bonchev–Trinajstić information content (AvgIpc) is 3.28. The van der Waals surface area contributed by atoms with Gasteiger partial charge in [-0.15, -0.1) is 13.2 Å². The van der Waals surface area contributed by atoms with Gasteiger partial charge in [0.05, 0.1) is 0 Å². The van der Waals surface area contributed by atoms with Crippen molar-refractivity contribution in [1.29, 1.82) is 0 Å². The van der Waals surface area contributed by atoms with Crippen LogP contribution in [-0.2, 0) is 0 Å². The predicted octanol–water partition coefficient (Wildman–Crippen LogP) is 12.6. The molecule has 0 amide bonds. The van der Waals surface area contributed by atoms with Gasteiger partial charge in [-0.1, -0.05) is 119 Å². The van der Waals surface area contributed by atoms with Crippen LogP contribution >= 0.6 is 0 Å². The van der Waals surface area contributed by atoms with E-state index in [0.717, 1.165) is 23.7 Å². The van der Waals surface area contributed by atoms with Crippen LogP contribution in [0, 0.1) is 40.9 Å². The SMILES string of the molecule is C=C.C=C1CCCCC1C/C=C1\CCCC2(C)C1CCC2[C@H](C)/C=C/[C@H](C)C(C)C.CC.CC.CC. The maximum absolute atomic E-state index is 4.38. The molecule has 3 rings (SSSR count). The summed E-state index contributed by atoms with van der Waals surface area (Å²) in [4.78, 5) is 0. The molecule has 0 aromatic carbocycles. The van der Waals surface area contributed by atoms with E-state index in [9.17, 15) is 0 Å². The minimum atomic E-state index is 0.526. The fourth-order valence-corrected chi connectivity index (χ4v) is 6.62. The molecule has 0 heteroatoms. The molecule has 0 aliphatic heterocycles. The minimum Gasteiger partial charge on any atom is -0.106 e. The van der Waals surface area contributed by atoms with Crippen molar-refractivity contribution in [2.24, 2.45) is 40.9 Å². The fraction of sp³-hybridized carbons (Fsp3) is 0.778. The lowest BCUT2D eigenvalue weighted by atomic mass is 9.61. The zero-order chi connectivity index (χ0) is 28.3. The standard InChI is InChI=1S/C28H46.3C2H6.C2H4/c1-20(2)21(3)13-14-23(5)26-17-18-27-25(12-9-19-28(26,27)6)16-15-24-11-8-7-10-22(24)4;4*1-2/h13-14,16,20-21,23-24,26-27H,4,7-12,15,17-19H2,1-3,5-6H3;3*1-2H3;1-2H2/b14-13+,25-16+;;;;/t21-,23+,24?,26?,27?,28?;;;;/m0..../s1. The van der Waals surface area contributed by atoms with Crippen LogP contribution in [0.15, 0.2) is 49.1 Å². The molecule has 0 aromatic heterocycles. The van der Waals surface area contributed by atoms with E-state index >= 15 is 0 Å². The fourth-order valence-electron chi connectivity index (χ4n) is 6.62. The molecular formula is C36H68. The van der Waals surface area contributed by atoms with E-state index in [1.165, 1.54) is 69.8 Å². The molecule has 6 atom stereocenters. The smallest absolute Gasteiger partial charge is 0.0146 e. The summed E-state index contributed by atoms with van der Waals surface area (Å²) in [5, 5.41) is 0. The van der Waals surface area contributed by atoms with E-state index in [0.29, 0.717) is 17.3 Å². The van der Waals surface area contributed by atoms with Crippen molar-refractivity contribution in [3.63, 3.8) is 0 Å². The van der Waals surface area contributed by atoms with Crippen molar-refractivity contribution < 1.29 is 0 Å². The van der Waals surface area contributed by atoms with E-state index in [1.54, 1.807) is 0 Å². The lowest BCUT2D eigenvalue weighted by Gasteiger charge is -2.44. The molecule has 0 spiro atoms. The molecule has 3 saturated carbocycles. The monoisotopic (exact) mass is 501 g/mol. The number of rotatable bonds is 6. The summed E-state index contributed by atoms with van der Waals surface area (Å²) in [5.41, 5.74) is 3.88. The van der Waals surface area contributed by atoms with Crippen molar-refractivity contribution in [1.82, 2.24) is 0 Å². The van der Waals surface area contributed by atoms with Crippen molar-refractivity contribution in [3.8, 4) is 0 Å². The Bertz CT molecular complexity index is 606. The van der Waals surface area contributed by atoms with E-state index < -0.39 is 0 Å². The highest BCUT2D eigenvalue weighted by atomic mass is 14.5. The lowest BCUT2D eigenvalue weighted by Crippen LogP contribution is -2.35. The summed E-state index contributed by atoms with van der Waals surface area (Å²) in [6.45, 7) is 34.6. The first-order valence-corrected chi connectivity index (χ1v) is 15.9. The maximum Gasteiger partial charge on any atom is -0.0146 e. The highest BCUT2D eigenvalue weighted by Crippen LogP contribution is 2.59. The van der Waals surface area contributed by atoms with Crippen LogP contribution in [0.4, 0.5) is 0 Å². The first-order chi connectivity index (χ1) is 17.3. The van der Waals surface area contributed by atoms with Crippen LogP contribution in [-0.4, -0.2) is 0 Å². The Balaban J connectivity index is 0. The topological polar surface area (TPSA) is 0 Å². The second kappa shape index (κ2) is 21.0. The molecule has 0 N–H and O–H groups in total. The van der Waals surface area contributed by atoms with Gasteiger partial charge in [0, 0.05) is 0 Å². The molecule has 0 bridgehead atoms. The maximum atomic E-state index is 4.38. The molecule has 4 unspecified atom stereocenters. The molecule has 3 aliphatic rings. The summed E-state index contributed by atoms with van der Waals surface area (Å²) in [7, 11) is 0. The summed E-state index contributed by atoms with van der Waals surface area (Å²) in [6, 6.07) is 0. The molecule has 212 valence electrons. The third-order valence-electron chi connectivity index (χ3n) is 8.98. The molecule has 36 heavy (non-hydrogen) atoms. The Kier molecular flexibility index (Phi) is 21.6. The van der Waals surface area contributed by atoms with Crippen molar-refractivity contribution >= 4 is 0 Å². The van der Waals surface area contributed by atoms with Crippen LogP contribution in [0.25, 0.3) is 0 Å². The number of hydrogen-bond donors (Lipinski definition) is 0. The van der Waals surface area contributed by atoms with Gasteiger partial charge in [0.1, 0.15) is 0 Å². The summed E-state index contributed by atoms with van der Waals surface area (Å²) < 4.78 is 0. The average molecular weight is 501 g/mol. The van der Waals surface area contributed by atoms with Crippen molar-refractivity contribution in [2.75, 3.05) is 0 Å². The highest BCUT2D eigenvalue weighted by molar-refractivity contribution is 5.20. The first kappa shape index (κ1) is 37.1. The Hall–Kier alpha value is -1.04.